The first kappa shape index (κ1) is 16.6. The van der Waals surface area contributed by atoms with E-state index in [1.54, 1.807) is 0 Å². The zero-order valence-corrected chi connectivity index (χ0v) is 14.7. The molecule has 1 fully saturated rings. The van der Waals surface area contributed by atoms with Crippen LogP contribution >= 0.6 is 0 Å². The van der Waals surface area contributed by atoms with Gasteiger partial charge in [-0.3, -0.25) is 0 Å². The molecule has 0 amide bonds. The van der Waals surface area contributed by atoms with Gasteiger partial charge in [0, 0.05) is 0 Å². The Balaban J connectivity index is 2.11. The first-order valence-electron chi connectivity index (χ1n) is 8.91. The van der Waals surface area contributed by atoms with Gasteiger partial charge in [0.05, 0.1) is 0 Å². The van der Waals surface area contributed by atoms with E-state index in [1.807, 2.05) is 0 Å². The van der Waals surface area contributed by atoms with E-state index in [4.69, 9.17) is 0 Å². The van der Waals surface area contributed by atoms with E-state index in [1.165, 1.54) is 31.3 Å². The summed E-state index contributed by atoms with van der Waals surface area (Å²) < 4.78 is 0. The normalized spacial score (nSPS) is 35.6. The van der Waals surface area contributed by atoms with Crippen molar-refractivity contribution in [2.24, 2.45) is 35.0 Å². The average molecular weight is 287 g/mol. The van der Waals surface area contributed by atoms with Crippen molar-refractivity contribution in [1.29, 1.82) is 0 Å². The Kier molecular flexibility index (Phi) is 5.17. The molecule has 0 aromatic carbocycles. The van der Waals surface area contributed by atoms with Gasteiger partial charge >= 0.3 is 0 Å². The van der Waals surface area contributed by atoms with Crippen molar-refractivity contribution in [3.63, 3.8) is 0 Å². The SMILES string of the molecule is C=CC1=CCC[C@@]2(C)C1CC[C@@H]2[C@H](C)/C=C/[C@H](C)C(C)C. The summed E-state index contributed by atoms with van der Waals surface area (Å²) in [6.45, 7) is 16.0. The molecule has 0 saturated heterocycles. The van der Waals surface area contributed by atoms with Crippen molar-refractivity contribution in [3.8, 4) is 0 Å². The first-order valence-corrected chi connectivity index (χ1v) is 8.91. The molecule has 0 nitrogen and oxygen atoms in total. The molecule has 2 aliphatic carbocycles. The second kappa shape index (κ2) is 6.55. The van der Waals surface area contributed by atoms with Crippen LogP contribution < -0.4 is 0 Å². The van der Waals surface area contributed by atoms with Gasteiger partial charge in [-0.2, -0.15) is 0 Å². The Bertz CT molecular complexity index is 425. The molecule has 1 saturated carbocycles. The fourth-order valence-electron chi connectivity index (χ4n) is 4.66. The van der Waals surface area contributed by atoms with E-state index in [9.17, 15) is 0 Å². The predicted octanol–water partition coefficient (Wildman–Crippen LogP) is 6.41. The number of rotatable bonds is 5. The summed E-state index contributed by atoms with van der Waals surface area (Å²) in [5, 5.41) is 0. The van der Waals surface area contributed by atoms with Crippen molar-refractivity contribution in [3.05, 3.63) is 36.5 Å². The fraction of sp³-hybridized carbons (Fsp3) is 0.714. The second-order valence-electron chi connectivity index (χ2n) is 8.04. The lowest BCUT2D eigenvalue weighted by molar-refractivity contribution is 0.129. The van der Waals surface area contributed by atoms with E-state index >= 15 is 0 Å². The molecule has 2 aliphatic rings. The van der Waals surface area contributed by atoms with E-state index in [-0.39, 0.29) is 0 Å². The van der Waals surface area contributed by atoms with Crippen LogP contribution in [0, 0.1) is 35.0 Å². The molecule has 21 heavy (non-hydrogen) atoms. The van der Waals surface area contributed by atoms with Crippen LogP contribution in [0.2, 0.25) is 0 Å². The number of hydrogen-bond donors (Lipinski definition) is 0. The third-order valence-electron chi connectivity index (χ3n) is 6.52. The van der Waals surface area contributed by atoms with Crippen LogP contribution in [0.25, 0.3) is 0 Å². The number of allylic oxidation sites excluding steroid dienone is 5. The smallest absolute Gasteiger partial charge is 0.0108 e. The maximum atomic E-state index is 4.04. The number of hydrogen-bond acceptors (Lipinski definition) is 0. The summed E-state index contributed by atoms with van der Waals surface area (Å²) >= 11 is 0. The van der Waals surface area contributed by atoms with Gasteiger partial charge in [-0.25, -0.2) is 0 Å². The molecule has 5 atom stereocenters. The standard InChI is InChI=1S/C21H34/c1-7-18-9-8-14-21(6)19(12-13-20(18)21)17(5)11-10-16(4)15(2)3/h7,9-11,15-17,19-20H,1,8,12-14H2,2-6H3/b11-10+/t16-,17+,19+,20?,21+/m0/s1. The lowest BCUT2D eigenvalue weighted by Gasteiger charge is -2.42. The average Bonchev–Trinajstić information content (AvgIpc) is 2.81. The van der Waals surface area contributed by atoms with Crippen LogP contribution in [-0.4, -0.2) is 0 Å². The molecule has 0 N–H and O–H groups in total. The van der Waals surface area contributed by atoms with Gasteiger partial charge in [-0.05, 0) is 66.3 Å². The largest absolute Gasteiger partial charge is 0.0988 e. The van der Waals surface area contributed by atoms with Crippen LogP contribution in [0.4, 0.5) is 0 Å². The molecule has 0 aliphatic heterocycles. The predicted molar refractivity (Wildman–Crippen MR) is 94.1 cm³/mol. The van der Waals surface area contributed by atoms with Gasteiger partial charge in [0.25, 0.3) is 0 Å². The molecule has 0 heteroatoms. The minimum Gasteiger partial charge on any atom is -0.0988 e. The topological polar surface area (TPSA) is 0 Å². The third kappa shape index (κ3) is 3.20. The Hall–Kier alpha value is -0.780. The van der Waals surface area contributed by atoms with Crippen molar-refractivity contribution >= 4 is 0 Å². The van der Waals surface area contributed by atoms with Crippen LogP contribution in [0.1, 0.15) is 60.3 Å². The van der Waals surface area contributed by atoms with Crippen molar-refractivity contribution in [2.75, 3.05) is 0 Å². The summed E-state index contributed by atoms with van der Waals surface area (Å²) in [5.41, 5.74) is 2.02. The molecule has 0 radical (unpaired) electrons. The van der Waals surface area contributed by atoms with Crippen LogP contribution in [0.3, 0.4) is 0 Å². The Morgan fingerprint density at radius 1 is 1.19 bits per heavy atom. The van der Waals surface area contributed by atoms with Crippen molar-refractivity contribution in [1.82, 2.24) is 0 Å². The zero-order chi connectivity index (χ0) is 15.6. The third-order valence-corrected chi connectivity index (χ3v) is 6.52. The summed E-state index contributed by atoms with van der Waals surface area (Å²) in [6.07, 6.45) is 14.9. The fourth-order valence-corrected chi connectivity index (χ4v) is 4.66. The van der Waals surface area contributed by atoms with Gasteiger partial charge in [0.15, 0.2) is 0 Å². The van der Waals surface area contributed by atoms with E-state index in [0.717, 1.165) is 17.8 Å². The second-order valence-corrected chi connectivity index (χ2v) is 8.04. The van der Waals surface area contributed by atoms with Gasteiger partial charge in [0.1, 0.15) is 0 Å². The van der Waals surface area contributed by atoms with E-state index < -0.39 is 0 Å². The summed E-state index contributed by atoms with van der Waals surface area (Å²) in [5.74, 6) is 3.72. The van der Waals surface area contributed by atoms with E-state index in [2.05, 4.69) is 65.5 Å². The molecular formula is C21H34. The molecule has 118 valence electrons. The number of fused-ring (bicyclic) bond motifs is 1. The summed E-state index contributed by atoms with van der Waals surface area (Å²) in [7, 11) is 0. The first-order chi connectivity index (χ1) is 9.90. The van der Waals surface area contributed by atoms with E-state index in [0.29, 0.717) is 17.3 Å². The maximum Gasteiger partial charge on any atom is -0.0108 e. The molecule has 0 heterocycles. The Morgan fingerprint density at radius 2 is 1.90 bits per heavy atom. The molecule has 0 spiro atoms. The van der Waals surface area contributed by atoms with Gasteiger partial charge in [0.2, 0.25) is 0 Å². The zero-order valence-electron chi connectivity index (χ0n) is 14.7. The van der Waals surface area contributed by atoms with Crippen LogP contribution in [-0.2, 0) is 0 Å². The highest BCUT2D eigenvalue weighted by Crippen LogP contribution is 2.58. The minimum atomic E-state index is 0.489. The highest BCUT2D eigenvalue weighted by molar-refractivity contribution is 5.27. The summed E-state index contributed by atoms with van der Waals surface area (Å²) in [6, 6.07) is 0. The monoisotopic (exact) mass is 286 g/mol. The maximum absolute atomic E-state index is 4.04. The molecule has 0 bridgehead atoms. The molecule has 2 rings (SSSR count). The minimum absolute atomic E-state index is 0.489. The lowest BCUT2D eigenvalue weighted by Crippen LogP contribution is -2.34. The Labute approximate surface area is 132 Å². The van der Waals surface area contributed by atoms with Crippen molar-refractivity contribution in [2.45, 2.75) is 60.3 Å². The molecule has 0 aromatic rings. The van der Waals surface area contributed by atoms with Crippen molar-refractivity contribution < 1.29 is 0 Å². The highest BCUT2D eigenvalue weighted by atomic mass is 14.5. The lowest BCUT2D eigenvalue weighted by atomic mass is 9.62. The van der Waals surface area contributed by atoms with Gasteiger partial charge in [-0.15, -0.1) is 0 Å². The molecule has 1 unspecified atom stereocenters. The quantitative estimate of drug-likeness (QED) is 0.512. The summed E-state index contributed by atoms with van der Waals surface area (Å²) in [4.78, 5) is 0. The highest BCUT2D eigenvalue weighted by Gasteiger charge is 2.49. The van der Waals surface area contributed by atoms with Gasteiger partial charge < -0.3 is 0 Å². The van der Waals surface area contributed by atoms with Gasteiger partial charge in [-0.1, -0.05) is 65.5 Å². The Morgan fingerprint density at radius 3 is 2.52 bits per heavy atom. The molecular weight excluding hydrogens is 252 g/mol. The van der Waals surface area contributed by atoms with Crippen LogP contribution in [0.15, 0.2) is 36.5 Å². The molecule has 0 aromatic heterocycles. The van der Waals surface area contributed by atoms with Crippen LogP contribution in [0.5, 0.6) is 0 Å².